The van der Waals surface area contributed by atoms with Gasteiger partial charge in [-0.25, -0.2) is 9.97 Å². The molecule has 1 amide bonds. The highest BCUT2D eigenvalue weighted by molar-refractivity contribution is 5.93. The zero-order valence-corrected chi connectivity index (χ0v) is 14.7. The summed E-state index contributed by atoms with van der Waals surface area (Å²) in [6, 6.07) is -0.255. The van der Waals surface area contributed by atoms with Crippen LogP contribution in [0, 0.1) is 5.92 Å². The highest BCUT2D eigenvalue weighted by Gasteiger charge is 2.49. The molecular weight excluding hydrogens is 324 g/mol. The van der Waals surface area contributed by atoms with Gasteiger partial charge in [0.25, 0.3) is 0 Å². The lowest BCUT2D eigenvalue weighted by molar-refractivity contribution is -0.123. The van der Waals surface area contributed by atoms with Crippen molar-refractivity contribution in [2.24, 2.45) is 5.92 Å². The number of allylic oxidation sites excluding steroid dienone is 3. The number of anilines is 1. The average Bonchev–Trinajstić information content (AvgIpc) is 3.14. The van der Waals surface area contributed by atoms with Gasteiger partial charge in [-0.1, -0.05) is 37.1 Å². The van der Waals surface area contributed by atoms with Gasteiger partial charge in [-0.3, -0.25) is 4.79 Å². The Kier molecular flexibility index (Phi) is 3.57. The van der Waals surface area contributed by atoms with Crippen LogP contribution in [0.5, 0.6) is 0 Å². The molecule has 1 aromatic rings. The number of hydrogen-bond acceptors (Lipinski definition) is 4. The number of nitrogens with zero attached hydrogens (tertiary/aromatic N) is 3. The molecule has 3 heterocycles. The highest BCUT2D eigenvalue weighted by Crippen LogP contribution is 2.43. The first-order valence-corrected chi connectivity index (χ1v) is 9.46. The Morgan fingerprint density at radius 3 is 3.00 bits per heavy atom. The van der Waals surface area contributed by atoms with Gasteiger partial charge in [0, 0.05) is 30.6 Å². The minimum absolute atomic E-state index is 0.00289. The van der Waals surface area contributed by atoms with E-state index < -0.39 is 0 Å². The van der Waals surface area contributed by atoms with Gasteiger partial charge in [0.2, 0.25) is 5.91 Å². The van der Waals surface area contributed by atoms with Crippen LogP contribution in [-0.2, 0) is 11.2 Å². The molecule has 2 atom stereocenters. The van der Waals surface area contributed by atoms with Crippen molar-refractivity contribution in [1.82, 2.24) is 15.3 Å². The molecular formula is C21H22N4O. The molecule has 132 valence electrons. The van der Waals surface area contributed by atoms with E-state index in [1.165, 1.54) is 12.8 Å². The molecule has 2 aliphatic carbocycles. The minimum Gasteiger partial charge on any atom is -0.352 e. The Bertz CT molecular complexity index is 872. The predicted octanol–water partition coefficient (Wildman–Crippen LogP) is 2.56. The summed E-state index contributed by atoms with van der Waals surface area (Å²) in [5.74, 6) is 2.11. The van der Waals surface area contributed by atoms with Crippen LogP contribution in [0.25, 0.3) is 6.08 Å². The third-order valence-electron chi connectivity index (χ3n) is 6.00. The van der Waals surface area contributed by atoms with Gasteiger partial charge < -0.3 is 10.2 Å². The van der Waals surface area contributed by atoms with Crippen LogP contribution in [0.3, 0.4) is 0 Å². The maximum Gasteiger partial charge on any atom is 0.246 e. The number of piperazine rings is 1. The van der Waals surface area contributed by atoms with Crippen molar-refractivity contribution in [1.29, 1.82) is 0 Å². The molecule has 1 saturated heterocycles. The number of nitrogens with one attached hydrogen (secondary N) is 1. The van der Waals surface area contributed by atoms with E-state index in [4.69, 9.17) is 4.98 Å². The normalized spacial score (nSPS) is 27.5. The fourth-order valence-electron chi connectivity index (χ4n) is 4.68. The van der Waals surface area contributed by atoms with Crippen LogP contribution < -0.4 is 10.2 Å². The Morgan fingerprint density at radius 1 is 1.31 bits per heavy atom. The maximum absolute atomic E-state index is 12.5. The summed E-state index contributed by atoms with van der Waals surface area (Å²) < 4.78 is 0. The van der Waals surface area contributed by atoms with Crippen molar-refractivity contribution in [2.45, 2.75) is 43.7 Å². The molecule has 5 nitrogen and oxygen atoms in total. The number of aromatic nitrogens is 2. The Morgan fingerprint density at radius 2 is 2.19 bits per heavy atom. The molecule has 5 rings (SSSR count). The first-order chi connectivity index (χ1) is 12.8. The van der Waals surface area contributed by atoms with Crippen LogP contribution in [0.15, 0.2) is 42.3 Å². The third-order valence-corrected chi connectivity index (χ3v) is 6.00. The lowest BCUT2D eigenvalue weighted by atomic mass is 9.87. The van der Waals surface area contributed by atoms with Gasteiger partial charge in [0.1, 0.15) is 17.7 Å². The summed E-state index contributed by atoms with van der Waals surface area (Å²) in [4.78, 5) is 24.3. The smallest absolute Gasteiger partial charge is 0.246 e. The van der Waals surface area contributed by atoms with E-state index in [-0.39, 0.29) is 23.4 Å². The Balaban J connectivity index is 1.54. The van der Waals surface area contributed by atoms with E-state index in [9.17, 15) is 4.79 Å². The van der Waals surface area contributed by atoms with E-state index in [2.05, 4.69) is 33.1 Å². The summed E-state index contributed by atoms with van der Waals surface area (Å²) in [5, 5.41) is 3.12. The van der Waals surface area contributed by atoms with Gasteiger partial charge in [-0.05, 0) is 25.0 Å². The number of hydrogen-bond donors (Lipinski definition) is 1. The first-order valence-electron chi connectivity index (χ1n) is 9.46. The number of carbonyl (C=O) groups is 1. The summed E-state index contributed by atoms with van der Waals surface area (Å²) in [6.07, 6.45) is 19.4. The summed E-state index contributed by atoms with van der Waals surface area (Å²) in [6.45, 7) is 0.716. The lowest BCUT2D eigenvalue weighted by Crippen LogP contribution is -2.67. The van der Waals surface area contributed by atoms with Crippen molar-refractivity contribution in [3.8, 4) is 0 Å². The van der Waals surface area contributed by atoms with Crippen LogP contribution in [-0.4, -0.2) is 34.0 Å². The van der Waals surface area contributed by atoms with Gasteiger partial charge in [-0.2, -0.15) is 0 Å². The second kappa shape index (κ2) is 5.96. The fraction of sp³-hybridized carbons (Fsp3) is 0.429. The average molecular weight is 346 g/mol. The molecule has 1 saturated carbocycles. The number of carbonyl (C=O) groups excluding carboxylic acids is 1. The van der Waals surface area contributed by atoms with Gasteiger partial charge >= 0.3 is 0 Å². The summed E-state index contributed by atoms with van der Waals surface area (Å²) in [5.41, 5.74) is 4.15. The number of rotatable bonds is 2. The van der Waals surface area contributed by atoms with Crippen molar-refractivity contribution in [2.75, 3.05) is 11.4 Å². The first kappa shape index (κ1) is 15.6. The third kappa shape index (κ3) is 2.43. The quantitative estimate of drug-likeness (QED) is 0.836. The monoisotopic (exact) mass is 346 g/mol. The largest absolute Gasteiger partial charge is 0.352 e. The van der Waals surface area contributed by atoms with Gasteiger partial charge in [0.15, 0.2) is 0 Å². The standard InChI is InChI=1S/C21H22N4O/c26-20-17-9-8-16-13-22-18(12-15-6-2-1-3-7-15)24-19(16)25(17)21(14-23-20)10-4-5-11-21/h1-2,6-9,13,15,17H,4-5,10-12,14H2,(H,23,26). The van der Waals surface area contributed by atoms with E-state index in [1.807, 2.05) is 30.5 Å². The molecule has 26 heavy (non-hydrogen) atoms. The maximum atomic E-state index is 12.5. The molecule has 4 aliphatic rings. The molecule has 2 fully saturated rings. The highest BCUT2D eigenvalue weighted by atomic mass is 16.2. The lowest BCUT2D eigenvalue weighted by Gasteiger charge is -2.50. The molecule has 1 N–H and O–H groups in total. The van der Waals surface area contributed by atoms with Crippen LogP contribution in [0.1, 0.15) is 37.1 Å². The van der Waals surface area contributed by atoms with Crippen molar-refractivity contribution in [3.63, 3.8) is 0 Å². The summed E-state index contributed by atoms with van der Waals surface area (Å²) in [7, 11) is 0. The zero-order chi connectivity index (χ0) is 17.6. The van der Waals surface area contributed by atoms with Crippen molar-refractivity contribution >= 4 is 17.8 Å². The Hall–Kier alpha value is -2.65. The number of amides is 1. The van der Waals surface area contributed by atoms with E-state index in [0.29, 0.717) is 6.54 Å². The molecule has 0 aromatic carbocycles. The Labute approximate surface area is 153 Å². The molecule has 0 radical (unpaired) electrons. The van der Waals surface area contributed by atoms with E-state index in [0.717, 1.165) is 36.5 Å². The summed E-state index contributed by atoms with van der Waals surface area (Å²) >= 11 is 0. The zero-order valence-electron chi connectivity index (χ0n) is 14.7. The second-order valence-electron chi connectivity index (χ2n) is 7.64. The molecule has 1 aromatic heterocycles. The van der Waals surface area contributed by atoms with E-state index >= 15 is 0 Å². The van der Waals surface area contributed by atoms with Crippen LogP contribution >= 0.6 is 0 Å². The topological polar surface area (TPSA) is 58.1 Å². The predicted molar refractivity (Wildman–Crippen MR) is 101 cm³/mol. The molecule has 0 bridgehead atoms. The van der Waals surface area contributed by atoms with Gasteiger partial charge in [-0.15, -0.1) is 5.73 Å². The fourth-order valence-corrected chi connectivity index (χ4v) is 4.68. The van der Waals surface area contributed by atoms with Gasteiger partial charge in [0.05, 0.1) is 5.54 Å². The van der Waals surface area contributed by atoms with Crippen LogP contribution in [0.2, 0.25) is 0 Å². The molecule has 2 unspecified atom stereocenters. The van der Waals surface area contributed by atoms with Crippen molar-refractivity contribution < 1.29 is 4.79 Å². The minimum atomic E-state index is -0.255. The van der Waals surface area contributed by atoms with Crippen molar-refractivity contribution in [3.05, 3.63) is 53.7 Å². The molecule has 5 heteroatoms. The molecule has 2 aliphatic heterocycles. The molecule has 1 spiro atoms. The van der Waals surface area contributed by atoms with Crippen LogP contribution in [0.4, 0.5) is 5.82 Å². The number of fused-ring (bicyclic) bond motifs is 4. The SMILES string of the molecule is O=C1NCC2(CCCC2)N2c3nc(CC4C=C=CC=C4)ncc3C=CC12. The van der Waals surface area contributed by atoms with E-state index in [1.54, 1.807) is 0 Å². The second-order valence-corrected chi connectivity index (χ2v) is 7.64.